The predicted molar refractivity (Wildman–Crippen MR) is 66.0 cm³/mol. The van der Waals surface area contributed by atoms with Gasteiger partial charge >= 0.3 is 5.97 Å². The van der Waals surface area contributed by atoms with E-state index in [4.69, 9.17) is 4.74 Å². The van der Waals surface area contributed by atoms with Crippen molar-refractivity contribution < 1.29 is 9.53 Å². The van der Waals surface area contributed by atoms with Gasteiger partial charge < -0.3 is 4.74 Å². The number of carbonyl (C=O) groups is 1. The van der Waals surface area contributed by atoms with E-state index in [0.717, 1.165) is 6.42 Å². The Morgan fingerprint density at radius 1 is 1.31 bits per heavy atom. The molecule has 1 aliphatic rings. The highest BCUT2D eigenvalue weighted by atomic mass is 16.5. The van der Waals surface area contributed by atoms with Crippen LogP contribution in [0.4, 0.5) is 0 Å². The topological polar surface area (TPSA) is 26.3 Å². The highest BCUT2D eigenvalue weighted by Gasteiger charge is 2.61. The van der Waals surface area contributed by atoms with Gasteiger partial charge in [-0.1, -0.05) is 45.1 Å². The Balaban J connectivity index is 2.53. The van der Waals surface area contributed by atoms with Crippen molar-refractivity contribution in [2.45, 2.75) is 34.1 Å². The van der Waals surface area contributed by atoms with Crippen molar-refractivity contribution in [2.24, 2.45) is 17.3 Å². The minimum absolute atomic E-state index is 0.0405. The second-order valence-electron chi connectivity index (χ2n) is 4.80. The van der Waals surface area contributed by atoms with E-state index in [1.54, 1.807) is 0 Å². The van der Waals surface area contributed by atoms with Crippen LogP contribution >= 0.6 is 0 Å². The van der Waals surface area contributed by atoms with Gasteiger partial charge in [-0.2, -0.15) is 0 Å². The third-order valence-corrected chi connectivity index (χ3v) is 3.25. The third kappa shape index (κ3) is 2.75. The highest BCUT2D eigenvalue weighted by molar-refractivity contribution is 5.78. The molecule has 0 aromatic heterocycles. The summed E-state index contributed by atoms with van der Waals surface area (Å²) in [5.41, 5.74) is 0.0583. The van der Waals surface area contributed by atoms with Crippen LogP contribution in [0.1, 0.15) is 34.1 Å². The maximum absolute atomic E-state index is 11.6. The van der Waals surface area contributed by atoms with E-state index in [2.05, 4.69) is 32.9 Å². The smallest absolute Gasteiger partial charge is 0.310 e. The van der Waals surface area contributed by atoms with Crippen molar-refractivity contribution in [3.05, 3.63) is 24.3 Å². The Morgan fingerprint density at radius 2 is 2.00 bits per heavy atom. The molecule has 1 aliphatic carbocycles. The van der Waals surface area contributed by atoms with Gasteiger partial charge in [-0.05, 0) is 24.7 Å². The normalized spacial score (nSPS) is 27.5. The van der Waals surface area contributed by atoms with E-state index >= 15 is 0 Å². The van der Waals surface area contributed by atoms with Crippen LogP contribution in [0.15, 0.2) is 24.3 Å². The molecule has 0 aromatic rings. The molecule has 1 saturated carbocycles. The molecule has 1 fully saturated rings. The first kappa shape index (κ1) is 13.0. The summed E-state index contributed by atoms with van der Waals surface area (Å²) in [5.74, 6) is 0.313. The van der Waals surface area contributed by atoms with Crippen molar-refractivity contribution in [3.8, 4) is 0 Å². The van der Waals surface area contributed by atoms with Gasteiger partial charge in [0.1, 0.15) is 0 Å². The maximum Gasteiger partial charge on any atom is 0.310 e. The zero-order chi connectivity index (χ0) is 12.2. The van der Waals surface area contributed by atoms with E-state index in [0.29, 0.717) is 12.5 Å². The van der Waals surface area contributed by atoms with Gasteiger partial charge in [0, 0.05) is 0 Å². The summed E-state index contributed by atoms with van der Waals surface area (Å²) in [6.45, 7) is 8.66. The fraction of sp³-hybridized carbons (Fsp3) is 0.643. The quantitative estimate of drug-likeness (QED) is 0.527. The van der Waals surface area contributed by atoms with Gasteiger partial charge in [-0.3, -0.25) is 4.79 Å². The summed E-state index contributed by atoms with van der Waals surface area (Å²) in [6, 6.07) is 0. The Bertz CT molecular complexity index is 300. The molecule has 0 radical (unpaired) electrons. The van der Waals surface area contributed by atoms with Crippen molar-refractivity contribution in [3.63, 3.8) is 0 Å². The predicted octanol–water partition coefficient (Wildman–Crippen LogP) is 3.34. The molecule has 1 rings (SSSR count). The lowest BCUT2D eigenvalue weighted by molar-refractivity contribution is -0.145. The van der Waals surface area contributed by atoms with E-state index in [1.807, 2.05) is 19.1 Å². The van der Waals surface area contributed by atoms with Crippen LogP contribution in [-0.4, -0.2) is 12.6 Å². The van der Waals surface area contributed by atoms with Gasteiger partial charge in [-0.15, -0.1) is 0 Å². The van der Waals surface area contributed by atoms with Gasteiger partial charge in [0.2, 0.25) is 0 Å². The molecule has 90 valence electrons. The number of carbonyl (C=O) groups excluding carboxylic acids is 1. The average molecular weight is 222 g/mol. The van der Waals surface area contributed by atoms with E-state index < -0.39 is 0 Å². The first-order valence-electron chi connectivity index (χ1n) is 6.05. The van der Waals surface area contributed by atoms with E-state index in [9.17, 15) is 4.79 Å². The zero-order valence-corrected chi connectivity index (χ0v) is 10.7. The molecule has 0 aromatic carbocycles. The van der Waals surface area contributed by atoms with E-state index in [-0.39, 0.29) is 17.3 Å². The number of allylic oxidation sites excluding steroid dienone is 4. The van der Waals surface area contributed by atoms with Crippen LogP contribution in [0, 0.1) is 17.3 Å². The van der Waals surface area contributed by atoms with Crippen LogP contribution < -0.4 is 0 Å². The minimum atomic E-state index is -0.0541. The molecule has 0 saturated heterocycles. The van der Waals surface area contributed by atoms with Gasteiger partial charge in [-0.25, -0.2) is 0 Å². The van der Waals surface area contributed by atoms with Crippen LogP contribution in [0.5, 0.6) is 0 Å². The lowest BCUT2D eigenvalue weighted by atomic mass is 10.1. The molecule has 16 heavy (non-hydrogen) atoms. The van der Waals surface area contributed by atoms with Gasteiger partial charge in [0.25, 0.3) is 0 Å². The molecule has 2 nitrogen and oxygen atoms in total. The summed E-state index contributed by atoms with van der Waals surface area (Å²) in [5, 5.41) is 0. The molecule has 2 heteroatoms. The Morgan fingerprint density at radius 3 is 2.56 bits per heavy atom. The van der Waals surface area contributed by atoms with Crippen LogP contribution in [0.25, 0.3) is 0 Å². The summed E-state index contributed by atoms with van der Waals surface area (Å²) < 4.78 is 5.07. The standard InChI is InChI=1S/C14H22O2/c1-5-7-8-9-10-11-12(14(11,3)4)13(15)16-6-2/h7-12H,5-6H2,1-4H3/b8-7+,10-9+. The number of hydrogen-bond acceptors (Lipinski definition) is 2. The zero-order valence-electron chi connectivity index (χ0n) is 10.7. The fourth-order valence-corrected chi connectivity index (χ4v) is 2.12. The van der Waals surface area contributed by atoms with Crippen LogP contribution in [0.3, 0.4) is 0 Å². The molecule has 0 bridgehead atoms. The van der Waals surface area contributed by atoms with Gasteiger partial charge in [0.15, 0.2) is 0 Å². The first-order valence-corrected chi connectivity index (χ1v) is 6.05. The van der Waals surface area contributed by atoms with Crippen molar-refractivity contribution in [1.82, 2.24) is 0 Å². The molecule has 0 spiro atoms. The minimum Gasteiger partial charge on any atom is -0.466 e. The lowest BCUT2D eigenvalue weighted by Crippen LogP contribution is -2.10. The Hall–Kier alpha value is -1.05. The molecule has 2 atom stereocenters. The number of esters is 1. The summed E-state index contributed by atoms with van der Waals surface area (Å²) in [4.78, 5) is 11.6. The maximum atomic E-state index is 11.6. The molecular formula is C14H22O2. The molecule has 0 heterocycles. The SMILES string of the molecule is CC/C=C/C=C/C1C(C(=O)OCC)C1(C)C. The second-order valence-corrected chi connectivity index (χ2v) is 4.80. The fourth-order valence-electron chi connectivity index (χ4n) is 2.12. The Labute approximate surface area is 98.4 Å². The average Bonchev–Trinajstić information content (AvgIpc) is 2.76. The monoisotopic (exact) mass is 222 g/mol. The number of rotatable bonds is 5. The van der Waals surface area contributed by atoms with Crippen molar-refractivity contribution >= 4 is 5.97 Å². The van der Waals surface area contributed by atoms with Crippen LogP contribution in [-0.2, 0) is 9.53 Å². The Kier molecular flexibility index (Phi) is 4.34. The third-order valence-electron chi connectivity index (χ3n) is 3.25. The van der Waals surface area contributed by atoms with E-state index in [1.165, 1.54) is 0 Å². The molecule has 0 N–H and O–H groups in total. The summed E-state index contributed by atoms with van der Waals surface area (Å²) in [7, 11) is 0. The molecule has 0 aliphatic heterocycles. The van der Waals surface area contributed by atoms with Crippen molar-refractivity contribution in [1.29, 1.82) is 0 Å². The highest BCUT2D eigenvalue weighted by Crippen LogP contribution is 2.59. The number of ether oxygens (including phenoxy) is 1. The van der Waals surface area contributed by atoms with Crippen molar-refractivity contribution in [2.75, 3.05) is 6.61 Å². The largest absolute Gasteiger partial charge is 0.466 e. The first-order chi connectivity index (χ1) is 7.55. The second kappa shape index (κ2) is 5.33. The summed E-state index contributed by atoms with van der Waals surface area (Å²) >= 11 is 0. The molecule has 0 amide bonds. The lowest BCUT2D eigenvalue weighted by Gasteiger charge is -2.01. The van der Waals surface area contributed by atoms with Gasteiger partial charge in [0.05, 0.1) is 12.5 Å². The molecular weight excluding hydrogens is 200 g/mol. The number of hydrogen-bond donors (Lipinski definition) is 0. The molecule has 2 unspecified atom stereocenters. The van der Waals surface area contributed by atoms with Crippen LogP contribution in [0.2, 0.25) is 0 Å². The summed E-state index contributed by atoms with van der Waals surface area (Å²) in [6.07, 6.45) is 9.34.